The van der Waals surface area contributed by atoms with E-state index in [9.17, 15) is 0 Å². The van der Waals surface area contributed by atoms with Gasteiger partial charge in [-0.25, -0.2) is 0 Å². The molecule has 0 saturated heterocycles. The number of nitrogens with zero attached hydrogens (tertiary/aromatic N) is 2. The summed E-state index contributed by atoms with van der Waals surface area (Å²) in [5, 5.41) is 12.4. The van der Waals surface area contributed by atoms with E-state index in [4.69, 9.17) is 10.00 Å². The van der Waals surface area contributed by atoms with Crippen LogP contribution in [0.25, 0.3) is 0 Å². The average molecular weight is 283 g/mol. The van der Waals surface area contributed by atoms with Crippen LogP contribution in [0.2, 0.25) is 0 Å². The number of ether oxygens (including phenoxy) is 1. The largest absolute Gasteiger partial charge is 0.496 e. The van der Waals surface area contributed by atoms with Crippen molar-refractivity contribution in [3.8, 4) is 11.8 Å². The van der Waals surface area contributed by atoms with Crippen LogP contribution < -0.4 is 10.1 Å². The zero-order valence-electron chi connectivity index (χ0n) is 12.8. The first kappa shape index (κ1) is 15.1. The van der Waals surface area contributed by atoms with E-state index in [2.05, 4.69) is 48.3 Å². The number of rotatable bonds is 6. The lowest BCUT2D eigenvalue weighted by atomic mass is 10.1. The Morgan fingerprint density at radius 2 is 2.19 bits per heavy atom. The van der Waals surface area contributed by atoms with Gasteiger partial charge < -0.3 is 14.6 Å². The van der Waals surface area contributed by atoms with Gasteiger partial charge in [-0.1, -0.05) is 6.92 Å². The lowest BCUT2D eigenvalue weighted by molar-refractivity contribution is 0.408. The fourth-order valence-electron chi connectivity index (χ4n) is 2.41. The van der Waals surface area contributed by atoms with E-state index in [1.807, 2.05) is 12.1 Å². The lowest BCUT2D eigenvalue weighted by Crippen LogP contribution is -2.17. The van der Waals surface area contributed by atoms with E-state index in [1.165, 1.54) is 5.56 Å². The molecule has 0 aliphatic heterocycles. The second kappa shape index (κ2) is 6.96. The fraction of sp³-hybridized carbons (Fsp3) is 0.353. The Bertz CT molecular complexity index is 640. The molecule has 1 heterocycles. The Morgan fingerprint density at radius 1 is 1.38 bits per heavy atom. The SMILES string of the molecule is CCNC(C)c1ccn(Cc2cc(C#N)ccc2OC)c1. The Hall–Kier alpha value is -2.25. The molecule has 0 spiro atoms. The topological polar surface area (TPSA) is 50.0 Å². The highest BCUT2D eigenvalue weighted by molar-refractivity contribution is 5.42. The van der Waals surface area contributed by atoms with Crippen molar-refractivity contribution >= 4 is 0 Å². The lowest BCUT2D eigenvalue weighted by Gasteiger charge is -2.11. The van der Waals surface area contributed by atoms with Crippen molar-refractivity contribution in [3.63, 3.8) is 0 Å². The predicted molar refractivity (Wildman–Crippen MR) is 83.3 cm³/mol. The van der Waals surface area contributed by atoms with Crippen LogP contribution in [0.15, 0.2) is 36.7 Å². The molecule has 1 aromatic heterocycles. The molecule has 4 heteroatoms. The number of nitriles is 1. The zero-order chi connectivity index (χ0) is 15.2. The zero-order valence-corrected chi connectivity index (χ0v) is 12.8. The molecule has 2 rings (SSSR count). The van der Waals surface area contributed by atoms with Crippen LogP contribution in [0.1, 0.15) is 36.6 Å². The maximum atomic E-state index is 9.02. The van der Waals surface area contributed by atoms with Crippen LogP contribution in [0.3, 0.4) is 0 Å². The molecule has 1 atom stereocenters. The van der Waals surface area contributed by atoms with Gasteiger partial charge in [0.15, 0.2) is 0 Å². The van der Waals surface area contributed by atoms with Gasteiger partial charge in [0.25, 0.3) is 0 Å². The minimum Gasteiger partial charge on any atom is -0.496 e. The smallest absolute Gasteiger partial charge is 0.123 e. The Morgan fingerprint density at radius 3 is 2.86 bits per heavy atom. The Labute approximate surface area is 126 Å². The van der Waals surface area contributed by atoms with E-state index < -0.39 is 0 Å². The van der Waals surface area contributed by atoms with Crippen LogP contribution in [-0.4, -0.2) is 18.2 Å². The highest BCUT2D eigenvalue weighted by Crippen LogP contribution is 2.22. The third kappa shape index (κ3) is 3.65. The molecule has 110 valence electrons. The summed E-state index contributed by atoms with van der Waals surface area (Å²) in [6, 6.07) is 10.1. The number of hydrogen-bond donors (Lipinski definition) is 1. The van der Waals surface area contributed by atoms with Crippen molar-refractivity contribution in [1.82, 2.24) is 9.88 Å². The van der Waals surface area contributed by atoms with Crippen LogP contribution in [-0.2, 0) is 6.54 Å². The van der Waals surface area contributed by atoms with Crippen molar-refractivity contribution in [1.29, 1.82) is 5.26 Å². The molecule has 1 N–H and O–H groups in total. The van der Waals surface area contributed by atoms with Gasteiger partial charge in [-0.2, -0.15) is 5.26 Å². The van der Waals surface area contributed by atoms with Crippen LogP contribution >= 0.6 is 0 Å². The maximum absolute atomic E-state index is 9.02. The summed E-state index contributed by atoms with van der Waals surface area (Å²) < 4.78 is 7.49. The molecule has 1 aromatic carbocycles. The summed E-state index contributed by atoms with van der Waals surface area (Å²) in [5.74, 6) is 0.809. The molecular weight excluding hydrogens is 262 g/mol. The van der Waals surface area contributed by atoms with Gasteiger partial charge >= 0.3 is 0 Å². The van der Waals surface area contributed by atoms with E-state index in [1.54, 1.807) is 13.2 Å². The number of nitrogens with one attached hydrogen (secondary N) is 1. The van der Waals surface area contributed by atoms with Gasteiger partial charge in [0, 0.05) is 24.0 Å². The van der Waals surface area contributed by atoms with Gasteiger partial charge in [0.1, 0.15) is 5.75 Å². The first-order chi connectivity index (χ1) is 10.2. The van der Waals surface area contributed by atoms with Crippen molar-refractivity contribution in [3.05, 3.63) is 53.3 Å². The standard InChI is InChI=1S/C17H21N3O/c1-4-19-13(2)15-7-8-20(11-15)12-16-9-14(10-18)5-6-17(16)21-3/h5-9,11,13,19H,4,12H2,1-3H3. The van der Waals surface area contributed by atoms with Crippen LogP contribution in [0.5, 0.6) is 5.75 Å². The monoisotopic (exact) mass is 283 g/mol. The minimum atomic E-state index is 0.337. The number of hydrogen-bond acceptors (Lipinski definition) is 3. The minimum absolute atomic E-state index is 0.337. The average Bonchev–Trinajstić information content (AvgIpc) is 2.96. The molecule has 1 unspecified atom stereocenters. The molecule has 0 radical (unpaired) electrons. The highest BCUT2D eigenvalue weighted by Gasteiger charge is 2.08. The van der Waals surface area contributed by atoms with Crippen molar-refractivity contribution < 1.29 is 4.74 Å². The van der Waals surface area contributed by atoms with Crippen molar-refractivity contribution in [2.75, 3.05) is 13.7 Å². The van der Waals surface area contributed by atoms with Gasteiger partial charge in [0.2, 0.25) is 0 Å². The summed E-state index contributed by atoms with van der Waals surface area (Å²) in [6.07, 6.45) is 4.19. The van der Waals surface area contributed by atoms with Crippen molar-refractivity contribution in [2.45, 2.75) is 26.4 Å². The Balaban J connectivity index is 2.20. The van der Waals surface area contributed by atoms with Gasteiger partial charge in [-0.05, 0) is 43.3 Å². The molecule has 0 saturated carbocycles. The van der Waals surface area contributed by atoms with Gasteiger partial charge in [-0.15, -0.1) is 0 Å². The van der Waals surface area contributed by atoms with Gasteiger partial charge in [-0.3, -0.25) is 0 Å². The normalized spacial score (nSPS) is 11.9. The molecule has 0 fully saturated rings. The summed E-state index contributed by atoms with van der Waals surface area (Å²) >= 11 is 0. The molecule has 21 heavy (non-hydrogen) atoms. The number of benzene rings is 1. The summed E-state index contributed by atoms with van der Waals surface area (Å²) in [5.41, 5.74) is 2.92. The molecule has 0 aliphatic rings. The Kier molecular flexibility index (Phi) is 5.02. The van der Waals surface area contributed by atoms with Crippen molar-refractivity contribution in [2.24, 2.45) is 0 Å². The maximum Gasteiger partial charge on any atom is 0.123 e. The van der Waals surface area contributed by atoms with E-state index in [0.29, 0.717) is 18.2 Å². The van der Waals surface area contributed by atoms with E-state index >= 15 is 0 Å². The van der Waals surface area contributed by atoms with Gasteiger partial charge in [0.05, 0.1) is 25.3 Å². The molecular formula is C17H21N3O. The predicted octanol–water partition coefficient (Wildman–Crippen LogP) is 3.09. The summed E-state index contributed by atoms with van der Waals surface area (Å²) in [4.78, 5) is 0. The first-order valence-electron chi connectivity index (χ1n) is 7.14. The highest BCUT2D eigenvalue weighted by atomic mass is 16.5. The van der Waals surface area contributed by atoms with Crippen LogP contribution in [0, 0.1) is 11.3 Å². The first-order valence-corrected chi connectivity index (χ1v) is 7.14. The summed E-state index contributed by atoms with van der Waals surface area (Å²) in [7, 11) is 1.65. The third-order valence-electron chi connectivity index (χ3n) is 3.55. The quantitative estimate of drug-likeness (QED) is 0.886. The second-order valence-corrected chi connectivity index (χ2v) is 5.03. The fourth-order valence-corrected chi connectivity index (χ4v) is 2.41. The molecule has 0 bridgehead atoms. The molecule has 0 aliphatic carbocycles. The number of aromatic nitrogens is 1. The third-order valence-corrected chi connectivity index (χ3v) is 3.55. The number of methoxy groups -OCH3 is 1. The molecule has 0 amide bonds. The molecule has 4 nitrogen and oxygen atoms in total. The van der Waals surface area contributed by atoms with E-state index in [0.717, 1.165) is 17.9 Å². The molecule has 2 aromatic rings. The van der Waals surface area contributed by atoms with Crippen LogP contribution in [0.4, 0.5) is 0 Å². The summed E-state index contributed by atoms with van der Waals surface area (Å²) in [6.45, 7) is 5.90. The van der Waals surface area contributed by atoms with E-state index in [-0.39, 0.29) is 0 Å². The second-order valence-electron chi connectivity index (χ2n) is 5.03.